The molecule has 180 valence electrons. The summed E-state index contributed by atoms with van der Waals surface area (Å²) in [7, 11) is 0. The van der Waals surface area contributed by atoms with E-state index in [9.17, 15) is 19.5 Å². The van der Waals surface area contributed by atoms with Gasteiger partial charge in [0.05, 0.1) is 37.2 Å². The van der Waals surface area contributed by atoms with Crippen molar-refractivity contribution >= 4 is 17.8 Å². The van der Waals surface area contributed by atoms with Crippen LogP contribution in [0, 0.1) is 11.8 Å². The molecule has 2 amide bonds. The number of hydrogen-bond donors (Lipinski definition) is 2. The largest absolute Gasteiger partial charge is 0.466 e. The molecule has 0 unspecified atom stereocenters. The molecule has 1 aromatic rings. The minimum atomic E-state index is -1.10. The van der Waals surface area contributed by atoms with Crippen LogP contribution < -0.4 is 5.32 Å². The lowest BCUT2D eigenvalue weighted by Crippen LogP contribution is -2.60. The van der Waals surface area contributed by atoms with Gasteiger partial charge in [-0.3, -0.25) is 14.4 Å². The summed E-state index contributed by atoms with van der Waals surface area (Å²) in [5.74, 6) is -2.63. The van der Waals surface area contributed by atoms with Gasteiger partial charge < -0.3 is 24.8 Å². The third-order valence-electron chi connectivity index (χ3n) is 6.96. The summed E-state index contributed by atoms with van der Waals surface area (Å²) in [6.07, 6.45) is 1.04. The molecule has 1 aromatic carbocycles. The maximum atomic E-state index is 13.9. The SMILES string of the molecule is CCOC(=O)[C@@H]1[C@H]2C(=O)N([C@@H](CO)Cc3ccccc3)[C@H](C(=O)NC(C)(C)C)[C@]23CC[C@H]1O3. The number of nitrogens with zero attached hydrogens (tertiary/aromatic N) is 1. The van der Waals surface area contributed by atoms with Crippen molar-refractivity contribution in [1.82, 2.24) is 10.2 Å². The number of rotatable bonds is 7. The Morgan fingerprint density at radius 1 is 1.30 bits per heavy atom. The van der Waals surface area contributed by atoms with E-state index >= 15 is 0 Å². The van der Waals surface area contributed by atoms with Gasteiger partial charge in [-0.2, -0.15) is 0 Å². The minimum absolute atomic E-state index is 0.209. The quantitative estimate of drug-likeness (QED) is 0.599. The molecule has 3 fully saturated rings. The third kappa shape index (κ3) is 4.04. The van der Waals surface area contributed by atoms with Crippen LogP contribution in [0.25, 0.3) is 0 Å². The molecule has 0 aliphatic carbocycles. The van der Waals surface area contributed by atoms with Crippen LogP contribution in [0.2, 0.25) is 0 Å². The molecule has 3 saturated heterocycles. The summed E-state index contributed by atoms with van der Waals surface area (Å²) in [6.45, 7) is 7.26. The zero-order valence-corrected chi connectivity index (χ0v) is 19.7. The van der Waals surface area contributed by atoms with Crippen LogP contribution in [0.15, 0.2) is 30.3 Å². The van der Waals surface area contributed by atoms with E-state index in [-0.39, 0.29) is 25.0 Å². The second-order valence-electron chi connectivity index (χ2n) is 10.3. The first-order valence-electron chi connectivity index (χ1n) is 11.8. The van der Waals surface area contributed by atoms with Crippen LogP contribution >= 0.6 is 0 Å². The zero-order valence-electron chi connectivity index (χ0n) is 19.7. The Morgan fingerprint density at radius 2 is 2.00 bits per heavy atom. The van der Waals surface area contributed by atoms with Crippen LogP contribution in [0.3, 0.4) is 0 Å². The van der Waals surface area contributed by atoms with Gasteiger partial charge >= 0.3 is 5.97 Å². The highest BCUT2D eigenvalue weighted by atomic mass is 16.6. The number of esters is 1. The van der Waals surface area contributed by atoms with Crippen LogP contribution in [-0.2, 0) is 30.3 Å². The van der Waals surface area contributed by atoms with Crippen LogP contribution in [-0.4, -0.2) is 70.3 Å². The normalized spacial score (nSPS) is 31.4. The first kappa shape index (κ1) is 23.7. The lowest BCUT2D eigenvalue weighted by molar-refractivity contribution is -0.155. The molecule has 0 aromatic heterocycles. The van der Waals surface area contributed by atoms with Crippen molar-refractivity contribution in [1.29, 1.82) is 0 Å². The Balaban J connectivity index is 1.75. The molecular weight excluding hydrogens is 424 g/mol. The predicted molar refractivity (Wildman–Crippen MR) is 120 cm³/mol. The summed E-state index contributed by atoms with van der Waals surface area (Å²) in [5, 5.41) is 13.3. The fraction of sp³-hybridized carbons (Fsp3) is 0.640. The maximum absolute atomic E-state index is 13.9. The molecule has 3 aliphatic heterocycles. The summed E-state index contributed by atoms with van der Waals surface area (Å²) in [6, 6.07) is 7.99. The van der Waals surface area contributed by atoms with Gasteiger partial charge in [-0.15, -0.1) is 0 Å². The van der Waals surface area contributed by atoms with Gasteiger partial charge in [-0.05, 0) is 52.5 Å². The number of ether oxygens (including phenoxy) is 2. The number of carbonyl (C=O) groups is 3. The van der Waals surface area contributed by atoms with Crippen molar-refractivity contribution in [2.75, 3.05) is 13.2 Å². The second-order valence-corrected chi connectivity index (χ2v) is 10.3. The van der Waals surface area contributed by atoms with E-state index in [1.807, 2.05) is 51.1 Å². The standard InChI is InChI=1S/C25H34N2O6/c1-5-32-23(31)18-17-11-12-25(33-17)19(18)22(30)27(20(25)21(29)26-24(2,3)4)16(14-28)13-15-9-7-6-8-10-15/h6-10,16-20,28H,5,11-14H2,1-4H3,(H,26,29)/t16-,17-,18+,19+,20-,25+/m1/s1. The van der Waals surface area contributed by atoms with Gasteiger partial charge in [0, 0.05) is 5.54 Å². The monoisotopic (exact) mass is 458 g/mol. The van der Waals surface area contributed by atoms with Crippen molar-refractivity contribution in [3.63, 3.8) is 0 Å². The summed E-state index contributed by atoms with van der Waals surface area (Å²) in [4.78, 5) is 41.9. The summed E-state index contributed by atoms with van der Waals surface area (Å²) < 4.78 is 11.6. The van der Waals surface area contributed by atoms with Gasteiger partial charge in [0.1, 0.15) is 11.6 Å². The van der Waals surface area contributed by atoms with E-state index in [4.69, 9.17) is 9.47 Å². The highest BCUT2D eigenvalue weighted by Gasteiger charge is 2.75. The number of nitrogens with one attached hydrogen (secondary N) is 1. The molecule has 4 rings (SSSR count). The van der Waals surface area contributed by atoms with Crippen molar-refractivity contribution in [3.8, 4) is 0 Å². The molecule has 33 heavy (non-hydrogen) atoms. The van der Waals surface area contributed by atoms with E-state index in [0.29, 0.717) is 19.3 Å². The van der Waals surface area contributed by atoms with Gasteiger partial charge in [0.25, 0.3) is 0 Å². The van der Waals surface area contributed by atoms with Gasteiger partial charge in [-0.1, -0.05) is 30.3 Å². The first-order chi connectivity index (χ1) is 15.6. The Hall–Kier alpha value is -2.45. The molecule has 3 aliphatic rings. The van der Waals surface area contributed by atoms with Gasteiger partial charge in [0.2, 0.25) is 11.8 Å². The summed E-state index contributed by atoms with van der Waals surface area (Å²) >= 11 is 0. The highest BCUT2D eigenvalue weighted by molar-refractivity contribution is 5.98. The minimum Gasteiger partial charge on any atom is -0.466 e. The first-order valence-corrected chi connectivity index (χ1v) is 11.8. The molecule has 0 radical (unpaired) electrons. The lowest BCUT2D eigenvalue weighted by atomic mass is 9.70. The molecule has 0 saturated carbocycles. The van der Waals surface area contributed by atoms with E-state index in [0.717, 1.165) is 5.56 Å². The molecule has 6 atom stereocenters. The average Bonchev–Trinajstić information content (AvgIpc) is 3.39. The van der Waals surface area contributed by atoms with E-state index in [2.05, 4.69) is 5.32 Å². The number of aliphatic hydroxyl groups is 1. The number of aliphatic hydroxyl groups excluding tert-OH is 1. The fourth-order valence-electron chi connectivity index (χ4n) is 5.87. The third-order valence-corrected chi connectivity index (χ3v) is 6.96. The number of fused-ring (bicyclic) bond motifs is 1. The number of amides is 2. The Kier molecular flexibility index (Phi) is 6.26. The van der Waals surface area contributed by atoms with E-state index < -0.39 is 47.1 Å². The van der Waals surface area contributed by atoms with Gasteiger partial charge in [0.15, 0.2) is 0 Å². The maximum Gasteiger partial charge on any atom is 0.312 e. The molecule has 2 bridgehead atoms. The number of benzene rings is 1. The van der Waals surface area contributed by atoms with Crippen LogP contribution in [0.1, 0.15) is 46.1 Å². The zero-order chi connectivity index (χ0) is 24.0. The molecule has 2 N–H and O–H groups in total. The Bertz CT molecular complexity index is 913. The van der Waals surface area contributed by atoms with Crippen molar-refractivity contribution in [3.05, 3.63) is 35.9 Å². The Labute approximate surface area is 194 Å². The van der Waals surface area contributed by atoms with Crippen molar-refractivity contribution in [2.24, 2.45) is 11.8 Å². The molecule has 8 heteroatoms. The topological polar surface area (TPSA) is 105 Å². The molecule has 3 heterocycles. The number of hydrogen-bond acceptors (Lipinski definition) is 6. The fourth-order valence-corrected chi connectivity index (χ4v) is 5.87. The lowest BCUT2D eigenvalue weighted by Gasteiger charge is -2.38. The van der Waals surface area contributed by atoms with Crippen molar-refractivity contribution in [2.45, 2.75) is 76.3 Å². The highest BCUT2D eigenvalue weighted by Crippen LogP contribution is 2.59. The number of likely N-dealkylation sites (tertiary alicyclic amines) is 1. The molecule has 8 nitrogen and oxygen atoms in total. The predicted octanol–water partition coefficient (Wildman–Crippen LogP) is 1.44. The number of carbonyl (C=O) groups excluding carboxylic acids is 3. The smallest absolute Gasteiger partial charge is 0.312 e. The van der Waals surface area contributed by atoms with Crippen LogP contribution in [0.5, 0.6) is 0 Å². The summed E-state index contributed by atoms with van der Waals surface area (Å²) in [5.41, 5.74) is -0.675. The second kappa shape index (κ2) is 8.72. The van der Waals surface area contributed by atoms with Crippen LogP contribution in [0.4, 0.5) is 0 Å². The van der Waals surface area contributed by atoms with E-state index in [1.54, 1.807) is 6.92 Å². The molecular formula is C25H34N2O6. The Morgan fingerprint density at radius 3 is 2.61 bits per heavy atom. The van der Waals surface area contributed by atoms with Crippen molar-refractivity contribution < 1.29 is 29.0 Å². The average molecular weight is 459 g/mol. The van der Waals surface area contributed by atoms with E-state index in [1.165, 1.54) is 4.90 Å². The molecule has 1 spiro atoms. The van der Waals surface area contributed by atoms with Gasteiger partial charge in [-0.25, -0.2) is 0 Å².